The second-order valence-electron chi connectivity index (χ2n) is 8.65. The highest BCUT2D eigenvalue weighted by atomic mass is 32.2. The van der Waals surface area contributed by atoms with Crippen molar-refractivity contribution in [2.75, 3.05) is 13.2 Å². The van der Waals surface area contributed by atoms with Crippen molar-refractivity contribution in [3.8, 4) is 0 Å². The molecule has 38 heavy (non-hydrogen) atoms. The Labute approximate surface area is 208 Å². The molecule has 1 aromatic rings. The van der Waals surface area contributed by atoms with E-state index < -0.39 is 85.5 Å². The van der Waals surface area contributed by atoms with Gasteiger partial charge in [0.25, 0.3) is 5.56 Å². The first-order valence-corrected chi connectivity index (χ1v) is 13.4. The highest BCUT2D eigenvalue weighted by molar-refractivity contribution is 7.87. The Morgan fingerprint density at radius 1 is 0.921 bits per heavy atom. The molecule has 3 aliphatic rings. The monoisotopic (exact) mass is 604 g/mol. The van der Waals surface area contributed by atoms with Crippen LogP contribution >= 0.6 is 0 Å². The maximum absolute atomic E-state index is 12.9. The van der Waals surface area contributed by atoms with E-state index in [1.54, 1.807) is 0 Å². The quantitative estimate of drug-likeness (QED) is 0.263. The van der Waals surface area contributed by atoms with Gasteiger partial charge in [-0.3, -0.25) is 22.7 Å². The summed E-state index contributed by atoms with van der Waals surface area (Å²) in [5.74, 6) is -1.46. The zero-order valence-electron chi connectivity index (χ0n) is 18.7. The van der Waals surface area contributed by atoms with E-state index in [0.717, 1.165) is 12.3 Å². The fraction of sp³-hybridized carbons (Fsp3) is 0.765. The van der Waals surface area contributed by atoms with Gasteiger partial charge in [0.2, 0.25) is 0 Å². The minimum absolute atomic E-state index is 0.187. The highest BCUT2D eigenvalue weighted by Crippen LogP contribution is 2.53. The molecule has 21 heteroatoms. The number of aromatic nitrogens is 2. The number of fused-ring (bicyclic) bond motifs is 1. The molecule has 1 aromatic heterocycles. The molecule has 13 nitrogen and oxygen atoms in total. The molecule has 3 atom stereocenters. The number of H-pyrrole nitrogens is 1. The van der Waals surface area contributed by atoms with E-state index in [0.29, 0.717) is 17.4 Å². The van der Waals surface area contributed by atoms with E-state index in [1.807, 2.05) is 4.98 Å². The predicted octanol–water partition coefficient (Wildman–Crippen LogP) is 0.591. The topological polar surface area (TPSA) is 169 Å². The van der Waals surface area contributed by atoms with Gasteiger partial charge in [0.15, 0.2) is 12.0 Å². The van der Waals surface area contributed by atoms with Gasteiger partial charge in [0, 0.05) is 25.1 Å². The Balaban J connectivity index is 1.80. The summed E-state index contributed by atoms with van der Waals surface area (Å²) in [5.41, 5.74) is -16.8. The van der Waals surface area contributed by atoms with Gasteiger partial charge >= 0.3 is 36.9 Å². The number of alkyl halides is 6. The van der Waals surface area contributed by atoms with Crippen LogP contribution in [0.3, 0.4) is 0 Å². The average molecular weight is 604 g/mol. The predicted molar refractivity (Wildman–Crippen MR) is 107 cm³/mol. The number of nitrogens with one attached hydrogen (secondary N) is 1. The summed E-state index contributed by atoms with van der Waals surface area (Å²) < 4.78 is 150. The molecule has 1 aliphatic carbocycles. The lowest BCUT2D eigenvalue weighted by Gasteiger charge is -2.34. The van der Waals surface area contributed by atoms with Crippen LogP contribution in [0.2, 0.25) is 0 Å². The number of aromatic amines is 1. The van der Waals surface area contributed by atoms with E-state index >= 15 is 0 Å². The number of hydrogen-bond acceptors (Lipinski definition) is 11. The van der Waals surface area contributed by atoms with Crippen molar-refractivity contribution in [1.29, 1.82) is 0 Å². The summed E-state index contributed by atoms with van der Waals surface area (Å²) in [6.45, 7) is -3.51. The van der Waals surface area contributed by atoms with E-state index in [-0.39, 0.29) is 12.8 Å². The maximum atomic E-state index is 12.9. The molecule has 2 aliphatic heterocycles. The van der Waals surface area contributed by atoms with Crippen molar-refractivity contribution >= 4 is 20.2 Å². The molecule has 1 spiro atoms. The minimum Gasteiger partial charge on any atom is -0.341 e. The van der Waals surface area contributed by atoms with Gasteiger partial charge < -0.3 is 14.2 Å². The van der Waals surface area contributed by atoms with E-state index in [2.05, 4.69) is 8.37 Å². The van der Waals surface area contributed by atoms with Crippen LogP contribution in [0, 0.1) is 0 Å². The van der Waals surface area contributed by atoms with Gasteiger partial charge in [-0.25, -0.2) is 4.79 Å². The van der Waals surface area contributed by atoms with E-state index in [1.165, 1.54) is 0 Å². The lowest BCUT2D eigenvalue weighted by molar-refractivity contribution is -0.243. The summed E-state index contributed by atoms with van der Waals surface area (Å²) in [6.07, 6.45) is -2.80. The van der Waals surface area contributed by atoms with Crippen LogP contribution in [-0.2, 0) is 42.8 Å². The van der Waals surface area contributed by atoms with Crippen LogP contribution in [0.1, 0.15) is 31.9 Å². The molecule has 2 saturated heterocycles. The smallest absolute Gasteiger partial charge is 0.341 e. The molecule has 4 rings (SSSR count). The summed E-state index contributed by atoms with van der Waals surface area (Å²) >= 11 is 0. The first kappa shape index (κ1) is 29.0. The van der Waals surface area contributed by atoms with E-state index in [9.17, 15) is 52.8 Å². The molecule has 1 saturated carbocycles. The summed E-state index contributed by atoms with van der Waals surface area (Å²) in [5, 5.41) is 0. The van der Waals surface area contributed by atoms with Crippen molar-refractivity contribution < 1.29 is 65.8 Å². The summed E-state index contributed by atoms with van der Waals surface area (Å²) in [7, 11) is -12.8. The lowest BCUT2D eigenvalue weighted by Crippen LogP contribution is -2.53. The highest BCUT2D eigenvalue weighted by Gasteiger charge is 2.67. The van der Waals surface area contributed by atoms with Gasteiger partial charge in [-0.05, 0) is 12.8 Å². The van der Waals surface area contributed by atoms with Gasteiger partial charge in [0.05, 0.1) is 0 Å². The zero-order chi connectivity index (χ0) is 28.4. The third kappa shape index (κ3) is 5.11. The second-order valence-corrected chi connectivity index (χ2v) is 11.9. The van der Waals surface area contributed by atoms with Gasteiger partial charge in [0.1, 0.15) is 31.0 Å². The molecular formula is C17H18F6N2O11S2. The average Bonchev–Trinajstić information content (AvgIpc) is 3.46. The van der Waals surface area contributed by atoms with Crippen molar-refractivity contribution in [3.63, 3.8) is 0 Å². The standard InChI is InChI=1S/C17H18F6N2O11S2/c18-16(19,20)37(28,29)32-7-14(8-33-38(30,31)17(21,22)23)11-10(34-15(35-11)4-1-2-5-15)12(36-14)25-6-3-9(26)24-13(25)27/h3,6,10-12H,1-2,4-5,7-8H2,(H,24,26,27)/t10?,11-,12+/m0/s1. The van der Waals surface area contributed by atoms with Crippen LogP contribution in [0.15, 0.2) is 21.9 Å². The molecule has 0 aromatic carbocycles. The third-order valence-electron chi connectivity index (χ3n) is 6.12. The zero-order valence-corrected chi connectivity index (χ0v) is 20.3. The van der Waals surface area contributed by atoms with Crippen molar-refractivity contribution in [3.05, 3.63) is 33.1 Å². The maximum Gasteiger partial charge on any atom is 0.523 e. The molecule has 0 radical (unpaired) electrons. The number of rotatable bonds is 7. The third-order valence-corrected chi connectivity index (χ3v) is 8.11. The van der Waals surface area contributed by atoms with E-state index in [4.69, 9.17) is 14.2 Å². The number of halogens is 6. The van der Waals surface area contributed by atoms with Crippen molar-refractivity contribution in [1.82, 2.24) is 9.55 Å². The summed E-state index contributed by atoms with van der Waals surface area (Å²) in [4.78, 5) is 25.8. The molecule has 1 N–H and O–H groups in total. The SMILES string of the molecule is O=c1ccn([C@@H]2OC(COS(=O)(=O)C(F)(F)F)(COS(=O)(=O)C(F)(F)F)[C@H]3OC4(CCCC4)OC23)c(=O)[nH]1. The van der Waals surface area contributed by atoms with Crippen LogP contribution < -0.4 is 11.2 Å². The second kappa shape index (κ2) is 9.27. The Morgan fingerprint density at radius 3 is 1.92 bits per heavy atom. The van der Waals surface area contributed by atoms with Gasteiger partial charge in [-0.2, -0.15) is 43.2 Å². The molecule has 0 amide bonds. The summed E-state index contributed by atoms with van der Waals surface area (Å²) in [6, 6.07) is 0.830. The Morgan fingerprint density at radius 2 is 1.45 bits per heavy atom. The van der Waals surface area contributed by atoms with Crippen molar-refractivity contribution in [2.24, 2.45) is 0 Å². The molecule has 0 bridgehead atoms. The number of nitrogens with zero attached hydrogens (tertiary/aromatic N) is 1. The van der Waals surface area contributed by atoms with Gasteiger partial charge in [-0.15, -0.1) is 0 Å². The Hall–Kier alpha value is -2.04. The Kier molecular flexibility index (Phi) is 7.06. The van der Waals surface area contributed by atoms with Crippen LogP contribution in [0.25, 0.3) is 0 Å². The lowest BCUT2D eigenvalue weighted by atomic mass is 9.97. The van der Waals surface area contributed by atoms with Crippen LogP contribution in [-0.4, -0.2) is 74.2 Å². The Bertz CT molecular complexity index is 1350. The molecular weight excluding hydrogens is 586 g/mol. The first-order valence-electron chi connectivity index (χ1n) is 10.6. The first-order chi connectivity index (χ1) is 17.3. The fourth-order valence-electron chi connectivity index (χ4n) is 4.38. The number of ether oxygens (including phenoxy) is 3. The van der Waals surface area contributed by atoms with Gasteiger partial charge in [-0.1, -0.05) is 0 Å². The molecule has 216 valence electrons. The normalized spacial score (nSPS) is 27.2. The fourth-order valence-corrected chi connectivity index (χ4v) is 5.36. The molecule has 3 heterocycles. The van der Waals surface area contributed by atoms with Crippen LogP contribution in [0.5, 0.6) is 0 Å². The van der Waals surface area contributed by atoms with Crippen molar-refractivity contribution in [2.45, 2.75) is 66.5 Å². The molecule has 1 unspecified atom stereocenters. The van der Waals surface area contributed by atoms with Crippen LogP contribution in [0.4, 0.5) is 26.3 Å². The number of hydrogen-bond donors (Lipinski definition) is 1. The largest absolute Gasteiger partial charge is 0.523 e. The minimum atomic E-state index is -6.38. The molecule has 3 fully saturated rings.